The molecule has 0 aliphatic heterocycles. The fourth-order valence-electron chi connectivity index (χ4n) is 3.29. The molecule has 1 aromatic rings. The average molecular weight is 307 g/mol. The van der Waals surface area contributed by atoms with Crippen LogP contribution in [0.25, 0.3) is 0 Å². The molecule has 2 fully saturated rings. The number of nitrogens with one attached hydrogen (secondary N) is 2. The van der Waals surface area contributed by atoms with Gasteiger partial charge >= 0.3 is 6.03 Å². The largest absolute Gasteiger partial charge is 0.338 e. The molecule has 1 unspecified atom stereocenters. The Kier molecular flexibility index (Phi) is 4.69. The van der Waals surface area contributed by atoms with Gasteiger partial charge in [0.05, 0.1) is 0 Å². The summed E-state index contributed by atoms with van der Waals surface area (Å²) in [7, 11) is 0. The van der Waals surface area contributed by atoms with E-state index in [4.69, 9.17) is 11.6 Å². The summed E-state index contributed by atoms with van der Waals surface area (Å²) in [5.74, 6) is 1.07. The van der Waals surface area contributed by atoms with E-state index in [9.17, 15) is 4.79 Å². The van der Waals surface area contributed by atoms with Crippen LogP contribution in [0.1, 0.15) is 50.0 Å². The molecule has 0 saturated heterocycles. The van der Waals surface area contributed by atoms with Gasteiger partial charge in [0.15, 0.2) is 0 Å². The number of amides is 2. The molecule has 0 radical (unpaired) electrons. The summed E-state index contributed by atoms with van der Waals surface area (Å²) in [6.45, 7) is 0.713. The van der Waals surface area contributed by atoms with Gasteiger partial charge in [-0.05, 0) is 49.3 Å². The van der Waals surface area contributed by atoms with E-state index in [0.29, 0.717) is 24.4 Å². The van der Waals surface area contributed by atoms with Crippen LogP contribution in [0, 0.1) is 5.92 Å². The van der Waals surface area contributed by atoms with Crippen molar-refractivity contribution in [2.45, 2.75) is 50.5 Å². The van der Waals surface area contributed by atoms with Crippen LogP contribution in [0.2, 0.25) is 5.02 Å². The van der Waals surface area contributed by atoms with Crippen LogP contribution < -0.4 is 10.6 Å². The van der Waals surface area contributed by atoms with Crippen LogP contribution >= 0.6 is 11.6 Å². The Morgan fingerprint density at radius 2 is 1.81 bits per heavy atom. The number of hydrogen-bond donors (Lipinski definition) is 2. The monoisotopic (exact) mass is 306 g/mol. The van der Waals surface area contributed by atoms with Crippen LogP contribution in [0.3, 0.4) is 0 Å². The zero-order chi connectivity index (χ0) is 14.7. The van der Waals surface area contributed by atoms with E-state index in [2.05, 4.69) is 22.8 Å². The fraction of sp³-hybridized carbons (Fsp3) is 0.588. The van der Waals surface area contributed by atoms with Gasteiger partial charge < -0.3 is 10.6 Å². The summed E-state index contributed by atoms with van der Waals surface area (Å²) in [5, 5.41) is 6.82. The number of carbonyl (C=O) groups is 1. The standard InChI is InChI=1S/C17H23ClN2O/c18-14-7-5-13(6-8-14)16(12-3-1-2-4-12)11-19-17(21)20-15-9-10-15/h5-8,12,15-16H,1-4,9-11H2,(H2,19,20,21). The van der Waals surface area contributed by atoms with Crippen molar-refractivity contribution in [2.75, 3.05) is 6.54 Å². The molecule has 2 saturated carbocycles. The number of carbonyl (C=O) groups excluding carboxylic acids is 1. The molecule has 2 aliphatic carbocycles. The van der Waals surface area contributed by atoms with E-state index in [-0.39, 0.29) is 6.03 Å². The van der Waals surface area contributed by atoms with Crippen molar-refractivity contribution in [3.05, 3.63) is 34.9 Å². The van der Waals surface area contributed by atoms with Gasteiger partial charge in [-0.3, -0.25) is 0 Å². The maximum atomic E-state index is 11.9. The molecule has 4 heteroatoms. The Hall–Kier alpha value is -1.22. The zero-order valence-electron chi connectivity index (χ0n) is 12.3. The molecule has 114 valence electrons. The van der Waals surface area contributed by atoms with E-state index in [0.717, 1.165) is 17.9 Å². The first-order valence-corrected chi connectivity index (χ1v) is 8.40. The number of rotatable bonds is 5. The minimum absolute atomic E-state index is 0.0190. The van der Waals surface area contributed by atoms with Crippen LogP contribution in [0.15, 0.2) is 24.3 Å². The quantitative estimate of drug-likeness (QED) is 0.845. The van der Waals surface area contributed by atoms with Crippen LogP contribution in [0.5, 0.6) is 0 Å². The fourth-order valence-corrected chi connectivity index (χ4v) is 3.42. The second kappa shape index (κ2) is 6.69. The summed E-state index contributed by atoms with van der Waals surface area (Å²) < 4.78 is 0. The van der Waals surface area contributed by atoms with Gasteiger partial charge in [0, 0.05) is 23.5 Å². The van der Waals surface area contributed by atoms with E-state index in [1.165, 1.54) is 31.2 Å². The molecular weight excluding hydrogens is 284 g/mol. The van der Waals surface area contributed by atoms with Gasteiger partial charge in [0.25, 0.3) is 0 Å². The van der Waals surface area contributed by atoms with Crippen molar-refractivity contribution >= 4 is 17.6 Å². The summed E-state index contributed by atoms with van der Waals surface area (Å²) in [4.78, 5) is 11.9. The first-order chi connectivity index (χ1) is 10.2. The highest BCUT2D eigenvalue weighted by atomic mass is 35.5. The molecule has 3 nitrogen and oxygen atoms in total. The molecular formula is C17H23ClN2O. The molecule has 0 spiro atoms. The van der Waals surface area contributed by atoms with Gasteiger partial charge in [-0.15, -0.1) is 0 Å². The Bertz CT molecular complexity index is 478. The molecule has 3 rings (SSSR count). The van der Waals surface area contributed by atoms with Crippen molar-refractivity contribution < 1.29 is 4.79 Å². The zero-order valence-corrected chi connectivity index (χ0v) is 13.0. The third-order valence-electron chi connectivity index (χ3n) is 4.66. The van der Waals surface area contributed by atoms with Crippen molar-refractivity contribution in [1.29, 1.82) is 0 Å². The molecule has 1 aromatic carbocycles. The SMILES string of the molecule is O=C(NCC(c1ccc(Cl)cc1)C1CCCC1)NC1CC1. The highest BCUT2D eigenvalue weighted by Gasteiger charge is 2.28. The Morgan fingerprint density at radius 1 is 1.14 bits per heavy atom. The smallest absolute Gasteiger partial charge is 0.315 e. The summed E-state index contributed by atoms with van der Waals surface area (Å²) >= 11 is 5.99. The van der Waals surface area contributed by atoms with E-state index in [1.807, 2.05) is 12.1 Å². The molecule has 2 N–H and O–H groups in total. The van der Waals surface area contributed by atoms with E-state index < -0.39 is 0 Å². The molecule has 0 aromatic heterocycles. The van der Waals surface area contributed by atoms with Gasteiger partial charge in [-0.2, -0.15) is 0 Å². The molecule has 21 heavy (non-hydrogen) atoms. The summed E-state index contributed by atoms with van der Waals surface area (Å²) in [6.07, 6.45) is 7.39. The Balaban J connectivity index is 1.63. The van der Waals surface area contributed by atoms with Crippen LogP contribution in [-0.4, -0.2) is 18.6 Å². The number of urea groups is 1. The summed E-state index contributed by atoms with van der Waals surface area (Å²) in [5.41, 5.74) is 1.29. The molecule has 0 bridgehead atoms. The third kappa shape index (κ3) is 4.13. The van der Waals surface area contributed by atoms with Gasteiger partial charge in [0.1, 0.15) is 0 Å². The van der Waals surface area contributed by atoms with Crippen LogP contribution in [0.4, 0.5) is 4.79 Å². The van der Waals surface area contributed by atoms with Gasteiger partial charge in [-0.1, -0.05) is 36.6 Å². The minimum Gasteiger partial charge on any atom is -0.338 e. The number of halogens is 1. The third-order valence-corrected chi connectivity index (χ3v) is 4.91. The number of hydrogen-bond acceptors (Lipinski definition) is 1. The Morgan fingerprint density at radius 3 is 2.43 bits per heavy atom. The average Bonchev–Trinajstić information content (AvgIpc) is 3.12. The predicted octanol–water partition coefficient (Wildman–Crippen LogP) is 4.08. The maximum Gasteiger partial charge on any atom is 0.315 e. The highest BCUT2D eigenvalue weighted by molar-refractivity contribution is 6.30. The predicted molar refractivity (Wildman–Crippen MR) is 85.7 cm³/mol. The molecule has 0 heterocycles. The topological polar surface area (TPSA) is 41.1 Å². The van der Waals surface area contributed by atoms with Crippen molar-refractivity contribution in [1.82, 2.24) is 10.6 Å². The first kappa shape index (κ1) is 14.7. The second-order valence-electron chi connectivity index (χ2n) is 6.33. The minimum atomic E-state index is -0.0190. The van der Waals surface area contributed by atoms with E-state index >= 15 is 0 Å². The lowest BCUT2D eigenvalue weighted by molar-refractivity contribution is 0.238. The molecule has 1 atom stereocenters. The summed E-state index contributed by atoms with van der Waals surface area (Å²) in [6, 6.07) is 8.49. The maximum absolute atomic E-state index is 11.9. The van der Waals surface area contributed by atoms with E-state index in [1.54, 1.807) is 0 Å². The molecule has 2 aliphatic rings. The second-order valence-corrected chi connectivity index (χ2v) is 6.77. The number of benzene rings is 1. The lowest BCUT2D eigenvalue weighted by Crippen LogP contribution is -2.39. The first-order valence-electron chi connectivity index (χ1n) is 8.02. The highest BCUT2D eigenvalue weighted by Crippen LogP contribution is 2.37. The van der Waals surface area contributed by atoms with Crippen LogP contribution in [-0.2, 0) is 0 Å². The van der Waals surface area contributed by atoms with Gasteiger partial charge in [0.2, 0.25) is 0 Å². The molecule has 2 amide bonds. The Labute approximate surface area is 131 Å². The van der Waals surface area contributed by atoms with Crippen molar-refractivity contribution in [2.24, 2.45) is 5.92 Å². The lowest BCUT2D eigenvalue weighted by Gasteiger charge is -2.24. The van der Waals surface area contributed by atoms with Crippen molar-refractivity contribution in [3.8, 4) is 0 Å². The lowest BCUT2D eigenvalue weighted by atomic mass is 9.85. The van der Waals surface area contributed by atoms with Crippen molar-refractivity contribution in [3.63, 3.8) is 0 Å². The van der Waals surface area contributed by atoms with Gasteiger partial charge in [-0.25, -0.2) is 4.79 Å². The normalized spacial score (nSPS) is 20.2.